The molecule has 2 aromatic carbocycles. The highest BCUT2D eigenvalue weighted by Gasteiger charge is 2.00. The molecule has 0 unspecified atom stereocenters. The number of benzene rings is 2. The van der Waals surface area contributed by atoms with E-state index in [1.807, 2.05) is 42.5 Å². The summed E-state index contributed by atoms with van der Waals surface area (Å²) in [5.74, 6) is 1.07. The molecule has 3 rings (SSSR count). The molecule has 1 N–H and O–H groups in total. The molecule has 0 bridgehead atoms. The smallest absolute Gasteiger partial charge is 0.119 e. The predicted octanol–water partition coefficient (Wildman–Crippen LogP) is 3.56. The maximum absolute atomic E-state index is 9.50. The average molecular weight is 265 g/mol. The van der Waals surface area contributed by atoms with E-state index in [4.69, 9.17) is 4.74 Å². The van der Waals surface area contributed by atoms with Crippen LogP contribution in [-0.4, -0.2) is 16.7 Å². The number of pyridine rings is 1. The van der Waals surface area contributed by atoms with Crippen LogP contribution >= 0.6 is 0 Å². The van der Waals surface area contributed by atoms with Gasteiger partial charge in [0.2, 0.25) is 0 Å². The zero-order valence-electron chi connectivity index (χ0n) is 11.0. The zero-order valence-corrected chi connectivity index (χ0v) is 11.0. The van der Waals surface area contributed by atoms with Crippen LogP contribution in [0.25, 0.3) is 10.8 Å². The number of aromatic nitrogens is 1. The van der Waals surface area contributed by atoms with E-state index in [0.29, 0.717) is 6.61 Å². The molecule has 100 valence electrons. The summed E-state index contributed by atoms with van der Waals surface area (Å²) in [6.07, 6.45) is 2.56. The monoisotopic (exact) mass is 265 g/mol. The van der Waals surface area contributed by atoms with Crippen molar-refractivity contribution in [3.05, 3.63) is 66.5 Å². The Kier molecular flexibility index (Phi) is 3.50. The van der Waals surface area contributed by atoms with Crippen molar-refractivity contribution in [3.8, 4) is 11.5 Å². The molecule has 0 atom stereocenters. The van der Waals surface area contributed by atoms with Crippen LogP contribution in [0.5, 0.6) is 11.5 Å². The minimum absolute atomic E-state index is 0.267. The summed E-state index contributed by atoms with van der Waals surface area (Å²) in [7, 11) is 0. The molecule has 0 aliphatic rings. The molecule has 0 spiro atoms. The molecule has 1 heterocycles. The predicted molar refractivity (Wildman–Crippen MR) is 79.0 cm³/mol. The Morgan fingerprint density at radius 1 is 0.950 bits per heavy atom. The van der Waals surface area contributed by atoms with Gasteiger partial charge in [-0.3, -0.25) is 4.98 Å². The summed E-state index contributed by atoms with van der Waals surface area (Å²) in [5.41, 5.74) is 1.02. The first-order valence-electron chi connectivity index (χ1n) is 6.57. The van der Waals surface area contributed by atoms with Gasteiger partial charge in [0.25, 0.3) is 0 Å². The van der Waals surface area contributed by atoms with E-state index in [-0.39, 0.29) is 5.75 Å². The molecule has 1 aromatic heterocycles. The van der Waals surface area contributed by atoms with Gasteiger partial charge in [-0.1, -0.05) is 18.2 Å². The van der Waals surface area contributed by atoms with Crippen LogP contribution in [0.15, 0.2) is 60.8 Å². The van der Waals surface area contributed by atoms with E-state index >= 15 is 0 Å². The molecule has 0 aliphatic carbocycles. The van der Waals surface area contributed by atoms with Crippen molar-refractivity contribution in [3.63, 3.8) is 0 Å². The number of fused-ring (bicyclic) bond motifs is 1. The first-order valence-corrected chi connectivity index (χ1v) is 6.57. The van der Waals surface area contributed by atoms with Crippen LogP contribution in [0.2, 0.25) is 0 Å². The number of hydrogen-bond donors (Lipinski definition) is 1. The molecular formula is C17H15NO2. The maximum atomic E-state index is 9.50. The second-order valence-corrected chi connectivity index (χ2v) is 4.61. The molecule has 0 saturated carbocycles. The minimum atomic E-state index is 0.267. The van der Waals surface area contributed by atoms with Crippen molar-refractivity contribution in [2.75, 3.05) is 6.61 Å². The van der Waals surface area contributed by atoms with Gasteiger partial charge in [0.05, 0.1) is 6.61 Å². The number of hydrogen-bond acceptors (Lipinski definition) is 3. The third-order valence-electron chi connectivity index (χ3n) is 3.15. The molecule has 0 radical (unpaired) electrons. The van der Waals surface area contributed by atoms with E-state index in [9.17, 15) is 5.11 Å². The van der Waals surface area contributed by atoms with Gasteiger partial charge in [-0.15, -0.1) is 0 Å². The highest BCUT2D eigenvalue weighted by Crippen LogP contribution is 2.24. The van der Waals surface area contributed by atoms with Crippen molar-refractivity contribution in [2.24, 2.45) is 0 Å². The lowest BCUT2D eigenvalue weighted by Gasteiger charge is -2.07. The summed E-state index contributed by atoms with van der Waals surface area (Å²) < 4.78 is 5.74. The lowest BCUT2D eigenvalue weighted by atomic mass is 10.1. The standard InChI is InChI=1S/C17H15NO2/c19-16-6-4-13-5-7-17(12-14(13)11-16)20-10-8-15-3-1-2-9-18-15/h1-7,9,11-12,19H,8,10H2. The largest absolute Gasteiger partial charge is 0.508 e. The Bertz CT molecular complexity index is 711. The SMILES string of the molecule is Oc1ccc2ccc(OCCc3ccccn3)cc2c1. The van der Waals surface area contributed by atoms with Crippen LogP contribution in [0.3, 0.4) is 0 Å². The fraction of sp³-hybridized carbons (Fsp3) is 0.118. The summed E-state index contributed by atoms with van der Waals surface area (Å²) in [6, 6.07) is 17.0. The Morgan fingerprint density at radius 2 is 1.85 bits per heavy atom. The molecule has 3 nitrogen and oxygen atoms in total. The molecular weight excluding hydrogens is 250 g/mol. The molecule has 0 saturated heterocycles. The summed E-state index contributed by atoms with van der Waals surface area (Å²) in [6.45, 7) is 0.585. The molecule has 3 aromatic rings. The molecule has 3 heteroatoms. The Morgan fingerprint density at radius 3 is 2.70 bits per heavy atom. The Labute approximate surface area is 117 Å². The quantitative estimate of drug-likeness (QED) is 0.784. The first-order chi connectivity index (χ1) is 9.81. The summed E-state index contributed by atoms with van der Waals surface area (Å²) >= 11 is 0. The molecule has 0 aliphatic heterocycles. The van der Waals surface area contributed by atoms with Crippen LogP contribution < -0.4 is 4.74 Å². The number of phenols is 1. The number of ether oxygens (including phenoxy) is 1. The molecule has 20 heavy (non-hydrogen) atoms. The fourth-order valence-corrected chi connectivity index (χ4v) is 2.12. The summed E-state index contributed by atoms with van der Waals surface area (Å²) in [4.78, 5) is 4.26. The lowest BCUT2D eigenvalue weighted by Crippen LogP contribution is -2.02. The van der Waals surface area contributed by atoms with Gasteiger partial charge < -0.3 is 9.84 Å². The average Bonchev–Trinajstić information content (AvgIpc) is 2.48. The number of phenolic OH excluding ortho intramolecular Hbond substituents is 1. The van der Waals surface area contributed by atoms with Crippen molar-refractivity contribution in [2.45, 2.75) is 6.42 Å². The van der Waals surface area contributed by atoms with Gasteiger partial charge in [-0.25, -0.2) is 0 Å². The summed E-state index contributed by atoms with van der Waals surface area (Å²) in [5, 5.41) is 11.6. The zero-order chi connectivity index (χ0) is 13.8. The topological polar surface area (TPSA) is 42.4 Å². The van der Waals surface area contributed by atoms with Gasteiger partial charge in [0.1, 0.15) is 11.5 Å². The van der Waals surface area contributed by atoms with E-state index < -0.39 is 0 Å². The number of aromatic hydroxyl groups is 1. The van der Waals surface area contributed by atoms with Crippen LogP contribution in [0.1, 0.15) is 5.69 Å². The highest BCUT2D eigenvalue weighted by atomic mass is 16.5. The second kappa shape index (κ2) is 5.61. The number of nitrogens with zero attached hydrogens (tertiary/aromatic N) is 1. The minimum Gasteiger partial charge on any atom is -0.508 e. The fourth-order valence-electron chi connectivity index (χ4n) is 2.12. The van der Waals surface area contributed by atoms with Gasteiger partial charge in [0.15, 0.2) is 0 Å². The van der Waals surface area contributed by atoms with E-state index in [1.54, 1.807) is 18.3 Å². The van der Waals surface area contributed by atoms with E-state index in [2.05, 4.69) is 4.98 Å². The van der Waals surface area contributed by atoms with Crippen molar-refractivity contribution >= 4 is 10.8 Å². The highest BCUT2D eigenvalue weighted by molar-refractivity contribution is 5.85. The first kappa shape index (κ1) is 12.5. The lowest BCUT2D eigenvalue weighted by molar-refractivity contribution is 0.321. The molecule has 0 fully saturated rings. The van der Waals surface area contributed by atoms with Crippen LogP contribution in [-0.2, 0) is 6.42 Å². The third-order valence-corrected chi connectivity index (χ3v) is 3.15. The van der Waals surface area contributed by atoms with Gasteiger partial charge in [-0.05, 0) is 47.2 Å². The van der Waals surface area contributed by atoms with Crippen molar-refractivity contribution < 1.29 is 9.84 Å². The van der Waals surface area contributed by atoms with Gasteiger partial charge >= 0.3 is 0 Å². The van der Waals surface area contributed by atoms with Crippen LogP contribution in [0, 0.1) is 0 Å². The van der Waals surface area contributed by atoms with E-state index in [1.165, 1.54) is 0 Å². The van der Waals surface area contributed by atoms with Crippen LogP contribution in [0.4, 0.5) is 0 Å². The third kappa shape index (κ3) is 2.88. The number of rotatable bonds is 4. The van der Waals surface area contributed by atoms with Crippen molar-refractivity contribution in [1.29, 1.82) is 0 Å². The van der Waals surface area contributed by atoms with Gasteiger partial charge in [0, 0.05) is 18.3 Å². The second-order valence-electron chi connectivity index (χ2n) is 4.61. The molecule has 0 amide bonds. The van der Waals surface area contributed by atoms with E-state index in [0.717, 1.165) is 28.6 Å². The van der Waals surface area contributed by atoms with Gasteiger partial charge in [-0.2, -0.15) is 0 Å². The van der Waals surface area contributed by atoms with Crippen molar-refractivity contribution in [1.82, 2.24) is 4.98 Å². The Hall–Kier alpha value is -2.55. The maximum Gasteiger partial charge on any atom is 0.119 e. The normalized spacial score (nSPS) is 10.6. The Balaban J connectivity index is 1.68.